The summed E-state index contributed by atoms with van der Waals surface area (Å²) >= 11 is 0. The summed E-state index contributed by atoms with van der Waals surface area (Å²) in [4.78, 5) is 34.3. The minimum absolute atomic E-state index is 0.0128. The quantitative estimate of drug-likeness (QED) is 0.510. The van der Waals surface area contributed by atoms with Crippen molar-refractivity contribution in [3.05, 3.63) is 59.7 Å². The van der Waals surface area contributed by atoms with Gasteiger partial charge in [-0.15, -0.1) is 0 Å². The first-order valence-corrected chi connectivity index (χ1v) is 11.7. The Balaban J connectivity index is 1.17. The molecule has 0 spiro atoms. The Hall–Kier alpha value is -3.87. The third-order valence-corrected chi connectivity index (χ3v) is 6.89. The normalized spacial score (nSPS) is 18.3. The molecule has 3 aromatic rings. The number of carbonyl (C=O) groups is 2. The number of ether oxygens (including phenoxy) is 2. The van der Waals surface area contributed by atoms with Crippen LogP contribution in [0.4, 0.5) is 11.4 Å². The first-order valence-electron chi connectivity index (χ1n) is 11.7. The number of aliphatic imine (C=N–C) groups is 1. The molecule has 1 atom stereocenters. The number of fused-ring (bicyclic) bond motifs is 2. The summed E-state index contributed by atoms with van der Waals surface area (Å²) in [6.45, 7) is 1.70. The Morgan fingerprint density at radius 1 is 1.03 bits per heavy atom. The Kier molecular flexibility index (Phi) is 4.98. The van der Waals surface area contributed by atoms with Crippen molar-refractivity contribution in [3.8, 4) is 11.5 Å². The van der Waals surface area contributed by atoms with E-state index in [0.717, 1.165) is 41.4 Å². The van der Waals surface area contributed by atoms with Gasteiger partial charge in [0.15, 0.2) is 11.5 Å². The summed E-state index contributed by atoms with van der Waals surface area (Å²) in [5.74, 6) is 1.07. The third kappa shape index (κ3) is 3.22. The van der Waals surface area contributed by atoms with Crippen LogP contribution in [0, 0.1) is 0 Å². The number of benzene rings is 3. The van der Waals surface area contributed by atoms with Crippen LogP contribution in [0.15, 0.2) is 53.5 Å². The molecule has 3 aromatic carbocycles. The van der Waals surface area contributed by atoms with Crippen molar-refractivity contribution in [2.45, 2.75) is 25.3 Å². The van der Waals surface area contributed by atoms with E-state index in [1.54, 1.807) is 19.2 Å². The Bertz CT molecular complexity index is 1340. The predicted molar refractivity (Wildman–Crippen MR) is 131 cm³/mol. The highest BCUT2D eigenvalue weighted by molar-refractivity contribution is 6.25. The highest BCUT2D eigenvalue weighted by Gasteiger charge is 2.33. The number of rotatable bonds is 6. The smallest absolute Gasteiger partial charge is 0.258 e. The van der Waals surface area contributed by atoms with Gasteiger partial charge in [-0.2, -0.15) is 0 Å². The lowest BCUT2D eigenvalue weighted by atomic mass is 10.1. The molecule has 172 valence electrons. The standard InChI is InChI=1S/C27H25N3O4/c1-33-23-14-20-21(28-16-18-8-4-11-29(18)27(20)32)15-24(23)34-13-5-12-30-22-10-3-7-17-6-2-9-19(25(17)22)26(30)31/h2-3,6-7,9-10,14-16,18H,4-5,8,11-13H2,1H3/t18-/m0/s1. The lowest BCUT2D eigenvalue weighted by Gasteiger charge is -2.20. The number of hydrogen-bond donors (Lipinski definition) is 0. The monoisotopic (exact) mass is 455 g/mol. The number of amides is 2. The predicted octanol–water partition coefficient (Wildman–Crippen LogP) is 4.60. The minimum Gasteiger partial charge on any atom is -0.493 e. The second-order valence-electron chi connectivity index (χ2n) is 8.85. The van der Waals surface area contributed by atoms with E-state index in [1.807, 2.05) is 52.4 Å². The van der Waals surface area contributed by atoms with Crippen LogP contribution < -0.4 is 14.4 Å². The summed E-state index contributed by atoms with van der Waals surface area (Å²) in [6, 6.07) is 15.4. The van der Waals surface area contributed by atoms with Gasteiger partial charge in [0.1, 0.15) is 0 Å². The zero-order chi connectivity index (χ0) is 23.2. The van der Waals surface area contributed by atoms with Crippen molar-refractivity contribution in [1.29, 1.82) is 0 Å². The maximum Gasteiger partial charge on any atom is 0.258 e. The zero-order valence-electron chi connectivity index (χ0n) is 19.0. The van der Waals surface area contributed by atoms with Crippen molar-refractivity contribution >= 4 is 40.2 Å². The van der Waals surface area contributed by atoms with Crippen LogP contribution in [0.25, 0.3) is 10.8 Å². The van der Waals surface area contributed by atoms with Gasteiger partial charge in [0.05, 0.1) is 36.7 Å². The summed E-state index contributed by atoms with van der Waals surface area (Å²) < 4.78 is 11.6. The molecule has 1 fully saturated rings. The first kappa shape index (κ1) is 20.7. The molecular formula is C27H25N3O4. The second kappa shape index (κ2) is 8.17. The van der Waals surface area contributed by atoms with Crippen molar-refractivity contribution in [2.24, 2.45) is 4.99 Å². The van der Waals surface area contributed by atoms with Crippen LogP contribution in [-0.2, 0) is 0 Å². The second-order valence-corrected chi connectivity index (χ2v) is 8.85. The molecule has 3 heterocycles. The SMILES string of the molecule is COc1cc2c(cc1OCCCN1C(=O)c3cccc4cccc1c34)N=C[C@@H]1CCCN1C2=O. The molecule has 7 nitrogen and oxygen atoms in total. The molecule has 34 heavy (non-hydrogen) atoms. The Morgan fingerprint density at radius 3 is 2.74 bits per heavy atom. The van der Waals surface area contributed by atoms with Gasteiger partial charge in [0.2, 0.25) is 0 Å². The average molecular weight is 456 g/mol. The summed E-state index contributed by atoms with van der Waals surface area (Å²) in [6.07, 6.45) is 4.45. The highest BCUT2D eigenvalue weighted by atomic mass is 16.5. The fraction of sp³-hybridized carbons (Fsp3) is 0.296. The lowest BCUT2D eigenvalue weighted by Crippen LogP contribution is -2.35. The average Bonchev–Trinajstić information content (AvgIpc) is 3.41. The molecule has 0 unspecified atom stereocenters. The molecule has 1 saturated heterocycles. The van der Waals surface area contributed by atoms with E-state index in [2.05, 4.69) is 4.99 Å². The Labute approximate surface area is 197 Å². The lowest BCUT2D eigenvalue weighted by molar-refractivity contribution is 0.0774. The van der Waals surface area contributed by atoms with E-state index >= 15 is 0 Å². The molecule has 0 aromatic heterocycles. The molecule has 0 bridgehead atoms. The van der Waals surface area contributed by atoms with Gasteiger partial charge < -0.3 is 19.3 Å². The fourth-order valence-corrected chi connectivity index (χ4v) is 5.23. The van der Waals surface area contributed by atoms with Gasteiger partial charge in [-0.1, -0.05) is 24.3 Å². The van der Waals surface area contributed by atoms with Crippen molar-refractivity contribution < 1.29 is 19.1 Å². The van der Waals surface area contributed by atoms with Crippen LogP contribution in [0.3, 0.4) is 0 Å². The largest absolute Gasteiger partial charge is 0.493 e. The van der Waals surface area contributed by atoms with Crippen LogP contribution >= 0.6 is 0 Å². The van der Waals surface area contributed by atoms with Crippen LogP contribution in [0.2, 0.25) is 0 Å². The molecule has 3 aliphatic heterocycles. The van der Waals surface area contributed by atoms with Gasteiger partial charge >= 0.3 is 0 Å². The topological polar surface area (TPSA) is 71.4 Å². The van der Waals surface area contributed by atoms with E-state index in [9.17, 15) is 9.59 Å². The molecule has 0 N–H and O–H groups in total. The number of methoxy groups -OCH3 is 1. The molecule has 0 radical (unpaired) electrons. The van der Waals surface area contributed by atoms with Gasteiger partial charge in [-0.3, -0.25) is 14.6 Å². The van der Waals surface area contributed by atoms with Crippen molar-refractivity contribution in [2.75, 3.05) is 31.7 Å². The van der Waals surface area contributed by atoms with Crippen molar-refractivity contribution in [1.82, 2.24) is 4.90 Å². The van der Waals surface area contributed by atoms with E-state index in [-0.39, 0.29) is 17.9 Å². The van der Waals surface area contributed by atoms with Crippen LogP contribution in [-0.4, -0.2) is 55.8 Å². The van der Waals surface area contributed by atoms with Gasteiger partial charge in [-0.05, 0) is 42.8 Å². The van der Waals surface area contributed by atoms with Crippen LogP contribution in [0.1, 0.15) is 40.0 Å². The number of anilines is 1. The maximum absolute atomic E-state index is 13.0. The van der Waals surface area contributed by atoms with Crippen LogP contribution in [0.5, 0.6) is 11.5 Å². The summed E-state index contributed by atoms with van der Waals surface area (Å²) in [7, 11) is 1.57. The summed E-state index contributed by atoms with van der Waals surface area (Å²) in [5, 5.41) is 2.10. The number of carbonyl (C=O) groups excluding carboxylic acids is 2. The molecule has 7 heteroatoms. The minimum atomic E-state index is -0.0128. The number of nitrogens with zero attached hydrogens (tertiary/aromatic N) is 3. The van der Waals surface area contributed by atoms with Gasteiger partial charge in [0, 0.05) is 36.3 Å². The van der Waals surface area contributed by atoms with E-state index in [1.165, 1.54) is 0 Å². The highest BCUT2D eigenvalue weighted by Crippen LogP contribution is 2.39. The molecular weight excluding hydrogens is 430 g/mol. The third-order valence-electron chi connectivity index (χ3n) is 6.89. The van der Waals surface area contributed by atoms with Gasteiger partial charge in [0.25, 0.3) is 11.8 Å². The molecule has 3 aliphatic rings. The number of hydrogen-bond acceptors (Lipinski definition) is 5. The van der Waals surface area contributed by atoms with E-state index in [0.29, 0.717) is 42.3 Å². The van der Waals surface area contributed by atoms with E-state index < -0.39 is 0 Å². The fourth-order valence-electron chi connectivity index (χ4n) is 5.23. The molecule has 6 rings (SSSR count). The maximum atomic E-state index is 13.0. The first-order chi connectivity index (χ1) is 16.7. The Morgan fingerprint density at radius 2 is 1.88 bits per heavy atom. The summed E-state index contributed by atoms with van der Waals surface area (Å²) in [5.41, 5.74) is 2.85. The molecule has 0 aliphatic carbocycles. The molecule has 0 saturated carbocycles. The van der Waals surface area contributed by atoms with Gasteiger partial charge in [-0.25, -0.2) is 0 Å². The zero-order valence-corrected chi connectivity index (χ0v) is 19.0. The van der Waals surface area contributed by atoms with E-state index in [4.69, 9.17) is 9.47 Å². The molecule has 2 amide bonds. The van der Waals surface area contributed by atoms with Crippen molar-refractivity contribution in [3.63, 3.8) is 0 Å².